The van der Waals surface area contributed by atoms with Crippen molar-refractivity contribution in [2.75, 3.05) is 0 Å². The first-order valence-electron chi connectivity index (χ1n) is 11.4. The molecule has 1 nitrogen and oxygen atoms in total. The summed E-state index contributed by atoms with van der Waals surface area (Å²) in [5.41, 5.74) is 1.30. The zero-order valence-electron chi connectivity index (χ0n) is 18.4. The minimum Gasteiger partial charge on any atom is -0.403 e. The van der Waals surface area contributed by atoms with Crippen LogP contribution < -0.4 is 4.74 Å². The fraction of sp³-hybridized carbons (Fsp3) is 0.462. The number of rotatable bonds is 5. The van der Waals surface area contributed by atoms with Gasteiger partial charge in [0.2, 0.25) is 0 Å². The molecule has 0 atom stereocenters. The molecule has 0 heterocycles. The van der Waals surface area contributed by atoms with Gasteiger partial charge in [0.15, 0.2) is 11.6 Å². The minimum absolute atomic E-state index is 0.0217. The van der Waals surface area contributed by atoms with Crippen LogP contribution in [0.3, 0.4) is 0 Å². The van der Waals surface area contributed by atoms with Crippen LogP contribution in [0.25, 0.3) is 5.57 Å². The molecule has 0 saturated heterocycles. The van der Waals surface area contributed by atoms with E-state index >= 15 is 8.78 Å². The molecule has 4 rings (SSSR count). The van der Waals surface area contributed by atoms with Crippen molar-refractivity contribution in [2.45, 2.75) is 70.6 Å². The highest BCUT2D eigenvalue weighted by Crippen LogP contribution is 2.40. The standard InChI is InChI=1S/C26H26F6O/c1-2-3-15-4-6-16(7-5-15)19-13-21(27)24(22(28)14-19)18-8-10-20-17(12-18)9-11-23(25(20)29)33-26(30,31)32/h8-9,11,13-16H,2-7,10,12H2,1H3. The number of hydrogen-bond donors (Lipinski definition) is 0. The van der Waals surface area contributed by atoms with Crippen molar-refractivity contribution >= 4 is 5.57 Å². The molecular weight excluding hydrogens is 442 g/mol. The second-order valence-corrected chi connectivity index (χ2v) is 9.04. The van der Waals surface area contributed by atoms with Gasteiger partial charge in [0.05, 0.1) is 0 Å². The Bertz CT molecular complexity index is 1020. The number of hydrogen-bond acceptors (Lipinski definition) is 1. The molecule has 2 aliphatic carbocycles. The molecule has 2 aromatic carbocycles. The lowest BCUT2D eigenvalue weighted by Gasteiger charge is -2.29. The molecule has 0 N–H and O–H groups in total. The molecule has 0 spiro atoms. The Morgan fingerprint density at radius 3 is 2.24 bits per heavy atom. The van der Waals surface area contributed by atoms with Crippen LogP contribution in [0, 0.1) is 23.4 Å². The average Bonchev–Trinajstić information content (AvgIpc) is 2.75. The molecule has 0 aromatic heterocycles. The Hall–Kier alpha value is -2.44. The first-order chi connectivity index (χ1) is 15.7. The highest BCUT2D eigenvalue weighted by Gasteiger charge is 2.33. The Morgan fingerprint density at radius 1 is 0.970 bits per heavy atom. The molecule has 1 saturated carbocycles. The lowest BCUT2D eigenvalue weighted by atomic mass is 9.77. The minimum atomic E-state index is -5.01. The van der Waals surface area contributed by atoms with Gasteiger partial charge in [0, 0.05) is 5.56 Å². The van der Waals surface area contributed by atoms with Gasteiger partial charge >= 0.3 is 6.36 Å². The summed E-state index contributed by atoms with van der Waals surface area (Å²) in [6.45, 7) is 2.16. The fourth-order valence-electron chi connectivity index (χ4n) is 5.25. The van der Waals surface area contributed by atoms with Crippen LogP contribution in [0.4, 0.5) is 26.3 Å². The third-order valence-corrected chi connectivity index (χ3v) is 6.86. The topological polar surface area (TPSA) is 9.23 Å². The summed E-state index contributed by atoms with van der Waals surface area (Å²) in [7, 11) is 0. The molecule has 178 valence electrons. The van der Waals surface area contributed by atoms with Gasteiger partial charge in [-0.1, -0.05) is 31.9 Å². The van der Waals surface area contributed by atoms with Crippen molar-refractivity contribution in [3.05, 3.63) is 70.0 Å². The van der Waals surface area contributed by atoms with E-state index in [4.69, 9.17) is 0 Å². The summed E-state index contributed by atoms with van der Waals surface area (Å²) in [5.74, 6) is -2.50. The van der Waals surface area contributed by atoms with Gasteiger partial charge in [-0.05, 0) is 90.8 Å². The highest BCUT2D eigenvalue weighted by molar-refractivity contribution is 5.72. The van der Waals surface area contributed by atoms with E-state index < -0.39 is 29.6 Å². The van der Waals surface area contributed by atoms with E-state index in [9.17, 15) is 17.6 Å². The molecule has 0 amide bonds. The normalized spacial score (nSPS) is 20.9. The second kappa shape index (κ2) is 9.43. The van der Waals surface area contributed by atoms with Crippen LogP contribution in [-0.4, -0.2) is 6.36 Å². The summed E-state index contributed by atoms with van der Waals surface area (Å²) in [4.78, 5) is 0. The molecule has 1 fully saturated rings. The SMILES string of the molecule is CCCC1CCC(c2cc(F)c(C3=CCc4c(ccc(OC(F)(F)F)c4F)C3)c(F)c2)CC1. The maximum atomic E-state index is 15.1. The Labute approximate surface area is 189 Å². The maximum absolute atomic E-state index is 15.1. The van der Waals surface area contributed by atoms with E-state index in [0.717, 1.165) is 38.2 Å². The van der Waals surface area contributed by atoms with Gasteiger partial charge in [-0.25, -0.2) is 13.2 Å². The molecule has 2 aliphatic rings. The Morgan fingerprint density at radius 2 is 1.64 bits per heavy atom. The van der Waals surface area contributed by atoms with Gasteiger partial charge in [0.25, 0.3) is 0 Å². The van der Waals surface area contributed by atoms with Gasteiger partial charge in [-0.3, -0.25) is 0 Å². The van der Waals surface area contributed by atoms with Crippen molar-refractivity contribution in [1.82, 2.24) is 0 Å². The lowest BCUT2D eigenvalue weighted by Crippen LogP contribution is -2.19. The van der Waals surface area contributed by atoms with E-state index in [1.165, 1.54) is 30.7 Å². The van der Waals surface area contributed by atoms with Crippen molar-refractivity contribution in [3.8, 4) is 5.75 Å². The molecule has 0 bridgehead atoms. The molecule has 7 heteroatoms. The van der Waals surface area contributed by atoms with Crippen LogP contribution in [0.2, 0.25) is 0 Å². The van der Waals surface area contributed by atoms with Gasteiger partial charge < -0.3 is 4.74 Å². The summed E-state index contributed by atoms with van der Waals surface area (Å²) >= 11 is 0. The number of ether oxygens (including phenoxy) is 1. The van der Waals surface area contributed by atoms with Gasteiger partial charge in [0.1, 0.15) is 11.6 Å². The maximum Gasteiger partial charge on any atom is 0.573 e. The molecule has 0 aliphatic heterocycles. The number of benzene rings is 2. The third-order valence-electron chi connectivity index (χ3n) is 6.86. The average molecular weight is 468 g/mol. The first-order valence-corrected chi connectivity index (χ1v) is 11.4. The van der Waals surface area contributed by atoms with Gasteiger partial charge in [-0.2, -0.15) is 0 Å². The second-order valence-electron chi connectivity index (χ2n) is 9.04. The van der Waals surface area contributed by atoms with E-state index in [0.29, 0.717) is 22.6 Å². The Balaban J connectivity index is 1.54. The quantitative estimate of drug-likeness (QED) is 0.402. The van der Waals surface area contributed by atoms with Crippen molar-refractivity contribution < 1.29 is 31.1 Å². The Kier molecular flexibility index (Phi) is 6.78. The van der Waals surface area contributed by atoms with Crippen LogP contribution in [-0.2, 0) is 12.8 Å². The molecule has 0 radical (unpaired) electrons. The van der Waals surface area contributed by atoms with Crippen LogP contribution in [0.15, 0.2) is 30.3 Å². The van der Waals surface area contributed by atoms with Crippen LogP contribution >= 0.6 is 0 Å². The fourth-order valence-corrected chi connectivity index (χ4v) is 5.25. The molecule has 33 heavy (non-hydrogen) atoms. The number of allylic oxidation sites excluding steroid dienone is 2. The smallest absolute Gasteiger partial charge is 0.403 e. The van der Waals surface area contributed by atoms with Crippen molar-refractivity contribution in [3.63, 3.8) is 0 Å². The molecule has 0 unspecified atom stereocenters. The zero-order valence-corrected chi connectivity index (χ0v) is 18.4. The number of fused-ring (bicyclic) bond motifs is 1. The van der Waals surface area contributed by atoms with Gasteiger partial charge in [-0.15, -0.1) is 13.2 Å². The van der Waals surface area contributed by atoms with E-state index in [2.05, 4.69) is 11.7 Å². The van der Waals surface area contributed by atoms with Crippen molar-refractivity contribution in [1.29, 1.82) is 0 Å². The van der Waals surface area contributed by atoms with Crippen LogP contribution in [0.1, 0.15) is 73.6 Å². The first kappa shape index (κ1) is 23.7. The van der Waals surface area contributed by atoms with Crippen LogP contribution in [0.5, 0.6) is 5.75 Å². The largest absolute Gasteiger partial charge is 0.573 e. The summed E-state index contributed by atoms with van der Waals surface area (Å²) < 4.78 is 85.7. The van der Waals surface area contributed by atoms with E-state index in [1.54, 1.807) is 0 Å². The molecule has 2 aromatic rings. The predicted molar refractivity (Wildman–Crippen MR) is 114 cm³/mol. The number of alkyl halides is 3. The van der Waals surface area contributed by atoms with E-state index in [-0.39, 0.29) is 29.9 Å². The van der Waals surface area contributed by atoms with E-state index in [1.807, 2.05) is 0 Å². The summed E-state index contributed by atoms with van der Waals surface area (Å²) in [6, 6.07) is 5.02. The monoisotopic (exact) mass is 468 g/mol. The third kappa shape index (κ3) is 5.22. The number of halogens is 6. The highest BCUT2D eigenvalue weighted by atomic mass is 19.4. The summed E-state index contributed by atoms with van der Waals surface area (Å²) in [5, 5.41) is 0. The zero-order chi connectivity index (χ0) is 23.8. The lowest BCUT2D eigenvalue weighted by molar-refractivity contribution is -0.275. The summed E-state index contributed by atoms with van der Waals surface area (Å²) in [6.07, 6.45) is 2.71. The predicted octanol–water partition coefficient (Wildman–Crippen LogP) is 8.26. The molecular formula is C26H26F6O. The van der Waals surface area contributed by atoms with Crippen molar-refractivity contribution in [2.24, 2.45) is 5.92 Å².